The van der Waals surface area contributed by atoms with Crippen LogP contribution in [0.3, 0.4) is 0 Å². The number of nitrogens with two attached hydrogens (primary N) is 2. The van der Waals surface area contributed by atoms with E-state index in [4.69, 9.17) is 25.3 Å². The Morgan fingerprint density at radius 3 is 2.62 bits per heavy atom. The number of nitrogen functional groups attached to an aromatic ring is 1. The molecule has 1 fully saturated rings. The van der Waals surface area contributed by atoms with Crippen LogP contribution < -0.4 is 11.5 Å². The Morgan fingerprint density at radius 2 is 1.94 bits per heavy atom. The first-order valence-corrected chi connectivity index (χ1v) is 14.0. The number of fused-ring (bicyclic) bond motifs is 1. The topological polar surface area (TPSA) is 184 Å². The Bertz CT molecular complexity index is 958. The summed E-state index contributed by atoms with van der Waals surface area (Å²) in [5.74, 6) is 1.34. The lowest BCUT2D eigenvalue weighted by Gasteiger charge is -2.26. The first kappa shape index (κ1) is 27.2. The SMILES string of the molecule is CCOP(=O)(CN(CCN)CCSC[C@H]1O[C@@H](n2cnc3c(N)ncnc32)[C@H](O)[C@@H]1O)OCC. The second-order valence-corrected chi connectivity index (χ2v) is 10.9. The number of anilines is 1. The number of rotatable bonds is 14. The molecule has 0 saturated carbocycles. The van der Waals surface area contributed by atoms with Gasteiger partial charge in [-0.3, -0.25) is 14.0 Å². The molecule has 34 heavy (non-hydrogen) atoms. The zero-order valence-corrected chi connectivity index (χ0v) is 21.1. The molecule has 0 radical (unpaired) electrons. The third kappa shape index (κ3) is 6.45. The van der Waals surface area contributed by atoms with E-state index >= 15 is 0 Å². The van der Waals surface area contributed by atoms with Crippen molar-refractivity contribution >= 4 is 36.3 Å². The van der Waals surface area contributed by atoms with Crippen molar-refractivity contribution in [2.45, 2.75) is 38.4 Å². The molecule has 15 heteroatoms. The smallest absolute Gasteiger partial charge is 0.344 e. The number of thioether (sulfide) groups is 1. The number of hydrogen-bond acceptors (Lipinski definition) is 13. The average molecular weight is 520 g/mol. The molecule has 0 aliphatic carbocycles. The van der Waals surface area contributed by atoms with Gasteiger partial charge in [-0.05, 0) is 13.8 Å². The summed E-state index contributed by atoms with van der Waals surface area (Å²) in [6.07, 6.45) is -0.745. The maximum Gasteiger partial charge on any atom is 0.344 e. The van der Waals surface area contributed by atoms with E-state index in [0.717, 1.165) is 0 Å². The van der Waals surface area contributed by atoms with E-state index in [-0.39, 0.29) is 12.1 Å². The number of ether oxygens (including phenoxy) is 1. The summed E-state index contributed by atoms with van der Waals surface area (Å²) in [6.45, 7) is 5.71. The molecular weight excluding hydrogens is 485 g/mol. The molecular formula is C19H34N7O6PS. The molecule has 2 aromatic rings. The number of hydrogen-bond donors (Lipinski definition) is 4. The van der Waals surface area contributed by atoms with Crippen molar-refractivity contribution in [3.63, 3.8) is 0 Å². The van der Waals surface area contributed by atoms with Gasteiger partial charge >= 0.3 is 7.60 Å². The van der Waals surface area contributed by atoms with Gasteiger partial charge in [0.25, 0.3) is 0 Å². The van der Waals surface area contributed by atoms with Crippen molar-refractivity contribution < 1.29 is 28.6 Å². The van der Waals surface area contributed by atoms with E-state index in [9.17, 15) is 14.8 Å². The molecule has 3 rings (SSSR count). The van der Waals surface area contributed by atoms with Gasteiger partial charge in [0.15, 0.2) is 17.7 Å². The highest BCUT2D eigenvalue weighted by atomic mass is 32.2. The molecule has 13 nitrogen and oxygen atoms in total. The summed E-state index contributed by atoms with van der Waals surface area (Å²) in [5, 5.41) is 21.1. The molecule has 1 aliphatic rings. The molecule has 192 valence electrons. The lowest BCUT2D eigenvalue weighted by molar-refractivity contribution is -0.0289. The van der Waals surface area contributed by atoms with Crippen LogP contribution in [0, 0.1) is 0 Å². The van der Waals surface area contributed by atoms with Crippen LogP contribution in [-0.2, 0) is 18.3 Å². The molecule has 4 atom stereocenters. The van der Waals surface area contributed by atoms with Gasteiger partial charge in [-0.15, -0.1) is 0 Å². The number of aliphatic hydroxyl groups excluding tert-OH is 2. The molecule has 0 unspecified atom stereocenters. The molecule has 1 saturated heterocycles. The largest absolute Gasteiger partial charge is 0.387 e. The fourth-order valence-electron chi connectivity index (χ4n) is 3.74. The predicted octanol–water partition coefficient (Wildman–Crippen LogP) is 0.245. The number of aliphatic hydroxyl groups is 2. The van der Waals surface area contributed by atoms with Crippen LogP contribution in [0.2, 0.25) is 0 Å². The van der Waals surface area contributed by atoms with Crippen LogP contribution >= 0.6 is 19.4 Å². The van der Waals surface area contributed by atoms with E-state index in [1.165, 1.54) is 12.7 Å². The monoisotopic (exact) mass is 519 g/mol. The predicted molar refractivity (Wildman–Crippen MR) is 129 cm³/mol. The quantitative estimate of drug-likeness (QED) is 0.197. The van der Waals surface area contributed by atoms with Crippen molar-refractivity contribution in [3.8, 4) is 0 Å². The van der Waals surface area contributed by atoms with Crippen molar-refractivity contribution in [3.05, 3.63) is 12.7 Å². The zero-order valence-electron chi connectivity index (χ0n) is 19.4. The maximum absolute atomic E-state index is 12.8. The molecule has 0 spiro atoms. The van der Waals surface area contributed by atoms with E-state index in [1.54, 1.807) is 30.2 Å². The Hall–Kier alpha value is -1.35. The highest BCUT2D eigenvalue weighted by Crippen LogP contribution is 2.48. The van der Waals surface area contributed by atoms with Gasteiger partial charge in [0.05, 0.1) is 25.6 Å². The average Bonchev–Trinajstić information content (AvgIpc) is 3.34. The second-order valence-electron chi connectivity index (χ2n) is 7.70. The van der Waals surface area contributed by atoms with Crippen molar-refractivity contribution in [1.29, 1.82) is 0 Å². The Kier molecular flexibility index (Phi) is 10.1. The van der Waals surface area contributed by atoms with Crippen LogP contribution in [-0.4, -0.2) is 104 Å². The molecule has 2 aromatic heterocycles. The standard InChI is InChI=1S/C19H34N7O6PS/c1-3-30-33(29,31-4-2)12-25(6-5-20)7-8-34-9-13-15(27)16(28)19(32-13)26-11-24-14-17(21)22-10-23-18(14)26/h10-11,13,15-16,19,27-28H,3-9,12,20H2,1-2H3,(H2,21,22,23)/t13-,15-,16-,19-/m1/s1. The van der Waals surface area contributed by atoms with Gasteiger partial charge in [-0.25, -0.2) is 15.0 Å². The molecule has 0 bridgehead atoms. The minimum atomic E-state index is -3.22. The fraction of sp³-hybridized carbons (Fsp3) is 0.737. The molecule has 6 N–H and O–H groups in total. The number of nitrogens with zero attached hydrogens (tertiary/aromatic N) is 5. The zero-order chi connectivity index (χ0) is 24.7. The summed E-state index contributed by atoms with van der Waals surface area (Å²) >= 11 is 1.55. The van der Waals surface area contributed by atoms with E-state index in [0.29, 0.717) is 55.5 Å². The van der Waals surface area contributed by atoms with Crippen molar-refractivity contribution in [2.75, 3.05) is 56.4 Å². The minimum Gasteiger partial charge on any atom is -0.387 e. The van der Waals surface area contributed by atoms with Crippen molar-refractivity contribution in [1.82, 2.24) is 24.4 Å². The summed E-state index contributed by atoms with van der Waals surface area (Å²) in [6, 6.07) is 0. The van der Waals surface area contributed by atoms with Crippen molar-refractivity contribution in [2.24, 2.45) is 5.73 Å². The van der Waals surface area contributed by atoms with Gasteiger partial charge < -0.3 is 35.5 Å². The van der Waals surface area contributed by atoms with E-state index in [1.807, 2.05) is 4.90 Å². The van der Waals surface area contributed by atoms with Gasteiger partial charge in [0, 0.05) is 31.1 Å². The van der Waals surface area contributed by atoms with Crippen LogP contribution in [0.4, 0.5) is 5.82 Å². The summed E-state index contributed by atoms with van der Waals surface area (Å²) in [4.78, 5) is 14.2. The van der Waals surface area contributed by atoms with Gasteiger partial charge in [0.2, 0.25) is 0 Å². The summed E-state index contributed by atoms with van der Waals surface area (Å²) in [5.41, 5.74) is 12.4. The highest BCUT2D eigenvalue weighted by molar-refractivity contribution is 7.99. The summed E-state index contributed by atoms with van der Waals surface area (Å²) in [7, 11) is -3.22. The maximum atomic E-state index is 12.8. The fourth-order valence-corrected chi connectivity index (χ4v) is 6.60. The number of imidazole rings is 1. The summed E-state index contributed by atoms with van der Waals surface area (Å²) < 4.78 is 31.1. The third-order valence-corrected chi connectivity index (χ3v) is 8.39. The van der Waals surface area contributed by atoms with Gasteiger partial charge in [0.1, 0.15) is 30.3 Å². The molecule has 0 aromatic carbocycles. The number of aromatic nitrogens is 4. The van der Waals surface area contributed by atoms with Crippen LogP contribution in [0.15, 0.2) is 12.7 Å². The van der Waals surface area contributed by atoms with E-state index in [2.05, 4.69) is 15.0 Å². The first-order valence-electron chi connectivity index (χ1n) is 11.2. The van der Waals surface area contributed by atoms with Gasteiger partial charge in [-0.1, -0.05) is 0 Å². The lowest BCUT2D eigenvalue weighted by Crippen LogP contribution is -2.34. The molecule has 3 heterocycles. The normalized spacial score (nSPS) is 23.4. The van der Waals surface area contributed by atoms with Crippen LogP contribution in [0.25, 0.3) is 11.2 Å². The van der Waals surface area contributed by atoms with Gasteiger partial charge in [-0.2, -0.15) is 11.8 Å². The Balaban J connectivity index is 1.54. The second kappa shape index (κ2) is 12.6. The third-order valence-electron chi connectivity index (χ3n) is 5.30. The van der Waals surface area contributed by atoms with Crippen LogP contribution in [0.5, 0.6) is 0 Å². The lowest BCUT2D eigenvalue weighted by atomic mass is 10.1. The minimum absolute atomic E-state index is 0.161. The van der Waals surface area contributed by atoms with Crippen LogP contribution in [0.1, 0.15) is 20.1 Å². The van der Waals surface area contributed by atoms with E-state index < -0.39 is 32.1 Å². The Morgan fingerprint density at radius 1 is 1.21 bits per heavy atom. The first-order chi connectivity index (χ1) is 16.3. The highest BCUT2D eigenvalue weighted by Gasteiger charge is 2.44. The molecule has 0 amide bonds. The molecule has 1 aliphatic heterocycles. The Labute approximate surface area is 202 Å².